The Hall–Kier alpha value is -2.15. The summed E-state index contributed by atoms with van der Waals surface area (Å²) in [6.45, 7) is 7.11. The summed E-state index contributed by atoms with van der Waals surface area (Å²) in [5.41, 5.74) is 0.656. The number of benzene rings is 1. The van der Waals surface area contributed by atoms with E-state index in [9.17, 15) is 14.9 Å². The summed E-state index contributed by atoms with van der Waals surface area (Å²) >= 11 is 0. The molecule has 1 atom stereocenters. The van der Waals surface area contributed by atoms with Gasteiger partial charge in [0.1, 0.15) is 0 Å². The van der Waals surface area contributed by atoms with Gasteiger partial charge < -0.3 is 15.4 Å². The van der Waals surface area contributed by atoms with Crippen LogP contribution in [0.4, 0.5) is 5.69 Å². The van der Waals surface area contributed by atoms with Crippen molar-refractivity contribution in [1.29, 1.82) is 0 Å². The number of carbonyl (C=O) groups is 1. The largest absolute Gasteiger partial charge is 0.474 e. The van der Waals surface area contributed by atoms with E-state index in [2.05, 4.69) is 10.6 Å². The van der Waals surface area contributed by atoms with Crippen LogP contribution in [0.25, 0.3) is 0 Å². The van der Waals surface area contributed by atoms with Crippen molar-refractivity contribution in [3.05, 3.63) is 33.9 Å². The Labute approximate surface area is 123 Å². The number of nitrogens with one attached hydrogen (secondary N) is 2. The highest BCUT2D eigenvalue weighted by Gasteiger charge is 2.21. The molecule has 1 amide bonds. The Bertz CT molecular complexity index is 505. The molecule has 0 fully saturated rings. The predicted molar refractivity (Wildman–Crippen MR) is 79.3 cm³/mol. The fraction of sp³-hybridized carbons (Fsp3) is 0.500. The molecule has 0 aliphatic carbocycles. The van der Waals surface area contributed by atoms with Crippen molar-refractivity contribution in [3.8, 4) is 5.75 Å². The minimum absolute atomic E-state index is 0.0963. The van der Waals surface area contributed by atoms with Gasteiger partial charge in [-0.15, -0.1) is 0 Å². The molecular weight excluding hydrogens is 274 g/mol. The molecule has 0 spiro atoms. The molecule has 1 unspecified atom stereocenters. The number of nitro groups is 1. The number of nitrogens with zero attached hydrogens (tertiary/aromatic N) is 1. The molecule has 0 saturated carbocycles. The van der Waals surface area contributed by atoms with E-state index in [4.69, 9.17) is 4.74 Å². The fourth-order valence-electron chi connectivity index (χ4n) is 1.75. The minimum Gasteiger partial charge on any atom is -0.474 e. The monoisotopic (exact) mass is 295 g/mol. The number of amides is 1. The van der Waals surface area contributed by atoms with Crippen molar-refractivity contribution in [2.75, 3.05) is 13.1 Å². The first-order valence-corrected chi connectivity index (χ1v) is 6.92. The van der Waals surface area contributed by atoms with Crippen molar-refractivity contribution >= 4 is 11.6 Å². The Morgan fingerprint density at radius 1 is 1.38 bits per heavy atom. The van der Waals surface area contributed by atoms with Crippen LogP contribution in [0.3, 0.4) is 0 Å². The van der Waals surface area contributed by atoms with E-state index < -0.39 is 11.0 Å². The zero-order valence-corrected chi connectivity index (χ0v) is 12.5. The summed E-state index contributed by atoms with van der Waals surface area (Å²) in [4.78, 5) is 22.2. The number of ether oxygens (including phenoxy) is 1. The number of hydrogen-bond acceptors (Lipinski definition) is 5. The molecule has 0 saturated heterocycles. The quantitative estimate of drug-likeness (QED) is 0.561. The first-order chi connectivity index (χ1) is 9.99. The molecule has 2 N–H and O–H groups in total. The topological polar surface area (TPSA) is 93.5 Å². The van der Waals surface area contributed by atoms with Crippen LogP contribution in [0.1, 0.15) is 26.3 Å². The molecule has 0 aliphatic heterocycles. The van der Waals surface area contributed by atoms with Crippen LogP contribution < -0.4 is 15.4 Å². The van der Waals surface area contributed by atoms with Gasteiger partial charge in [-0.1, -0.05) is 13.0 Å². The van der Waals surface area contributed by atoms with Crippen LogP contribution in [-0.4, -0.2) is 30.0 Å². The molecule has 7 nitrogen and oxygen atoms in total. The first kappa shape index (κ1) is 16.9. The summed E-state index contributed by atoms with van der Waals surface area (Å²) in [5, 5.41) is 16.8. The molecule has 7 heteroatoms. The Morgan fingerprint density at radius 3 is 2.67 bits per heavy atom. The van der Waals surface area contributed by atoms with E-state index in [1.54, 1.807) is 19.9 Å². The lowest BCUT2D eigenvalue weighted by Gasteiger charge is -2.14. The third kappa shape index (κ3) is 5.03. The molecule has 0 heterocycles. The highest BCUT2D eigenvalue weighted by molar-refractivity contribution is 5.80. The molecule has 116 valence electrons. The van der Waals surface area contributed by atoms with Gasteiger partial charge in [0, 0.05) is 19.2 Å². The van der Waals surface area contributed by atoms with E-state index in [0.29, 0.717) is 13.1 Å². The number of rotatable bonds is 8. The second-order valence-electron chi connectivity index (χ2n) is 4.49. The van der Waals surface area contributed by atoms with Crippen LogP contribution in [-0.2, 0) is 11.3 Å². The Balaban J connectivity index is 2.90. The van der Waals surface area contributed by atoms with Crippen molar-refractivity contribution < 1.29 is 14.5 Å². The lowest BCUT2D eigenvalue weighted by molar-refractivity contribution is -0.386. The van der Waals surface area contributed by atoms with Crippen LogP contribution in [0.5, 0.6) is 5.75 Å². The van der Waals surface area contributed by atoms with Gasteiger partial charge in [0.25, 0.3) is 5.91 Å². The molecule has 0 bridgehead atoms. The van der Waals surface area contributed by atoms with Crippen LogP contribution in [0, 0.1) is 10.1 Å². The standard InChI is InChI=1S/C14H21N3O4/c1-4-15-9-11-6-7-13(12(8-11)17(19)20)21-10(3)14(18)16-5-2/h6-8,10,15H,4-5,9H2,1-3H3,(H,16,18). The van der Waals surface area contributed by atoms with Crippen LogP contribution in [0.2, 0.25) is 0 Å². The van der Waals surface area contributed by atoms with Gasteiger partial charge in [-0.05, 0) is 32.0 Å². The lowest BCUT2D eigenvalue weighted by Crippen LogP contribution is -2.36. The molecule has 0 aromatic heterocycles. The highest BCUT2D eigenvalue weighted by Crippen LogP contribution is 2.28. The van der Waals surface area contributed by atoms with Crippen LogP contribution >= 0.6 is 0 Å². The zero-order chi connectivity index (χ0) is 15.8. The number of carbonyl (C=O) groups excluding carboxylic acids is 1. The summed E-state index contributed by atoms with van der Waals surface area (Å²) in [5.74, 6) is -0.206. The van der Waals surface area contributed by atoms with Gasteiger partial charge in [0.15, 0.2) is 11.9 Å². The average molecular weight is 295 g/mol. The van der Waals surface area contributed by atoms with Crippen molar-refractivity contribution in [3.63, 3.8) is 0 Å². The van der Waals surface area contributed by atoms with Crippen molar-refractivity contribution in [1.82, 2.24) is 10.6 Å². The molecule has 0 radical (unpaired) electrons. The van der Waals surface area contributed by atoms with Gasteiger partial charge in [-0.25, -0.2) is 0 Å². The summed E-state index contributed by atoms with van der Waals surface area (Å²) in [7, 11) is 0. The van der Waals surface area contributed by atoms with Gasteiger partial charge in [0.05, 0.1) is 4.92 Å². The molecule has 21 heavy (non-hydrogen) atoms. The third-order valence-electron chi connectivity index (χ3n) is 2.82. The van der Waals surface area contributed by atoms with Gasteiger partial charge in [-0.3, -0.25) is 14.9 Å². The van der Waals surface area contributed by atoms with E-state index in [1.165, 1.54) is 12.1 Å². The summed E-state index contributed by atoms with van der Waals surface area (Å²) in [6.07, 6.45) is -0.789. The minimum atomic E-state index is -0.789. The average Bonchev–Trinajstić information content (AvgIpc) is 2.46. The van der Waals surface area contributed by atoms with E-state index in [-0.39, 0.29) is 17.3 Å². The maximum atomic E-state index is 11.6. The Kier molecular flexibility index (Phi) is 6.61. The van der Waals surface area contributed by atoms with Gasteiger partial charge >= 0.3 is 5.69 Å². The number of likely N-dealkylation sites (N-methyl/N-ethyl adjacent to an activating group) is 1. The second kappa shape index (κ2) is 8.21. The maximum Gasteiger partial charge on any atom is 0.311 e. The molecule has 1 aromatic rings. The first-order valence-electron chi connectivity index (χ1n) is 6.92. The van der Waals surface area contributed by atoms with Crippen molar-refractivity contribution in [2.24, 2.45) is 0 Å². The normalized spacial score (nSPS) is 11.8. The molecular formula is C14H21N3O4. The summed E-state index contributed by atoms with van der Waals surface area (Å²) < 4.78 is 5.41. The van der Waals surface area contributed by atoms with E-state index in [1.807, 2.05) is 6.92 Å². The van der Waals surface area contributed by atoms with Crippen LogP contribution in [0.15, 0.2) is 18.2 Å². The zero-order valence-electron chi connectivity index (χ0n) is 12.5. The highest BCUT2D eigenvalue weighted by atomic mass is 16.6. The fourth-order valence-corrected chi connectivity index (χ4v) is 1.75. The van der Waals surface area contributed by atoms with Gasteiger partial charge in [0.2, 0.25) is 0 Å². The third-order valence-corrected chi connectivity index (χ3v) is 2.82. The lowest BCUT2D eigenvalue weighted by atomic mass is 10.2. The molecule has 1 aromatic carbocycles. The molecule has 0 aliphatic rings. The van der Waals surface area contributed by atoms with E-state index >= 15 is 0 Å². The predicted octanol–water partition coefficient (Wildman–Crippen LogP) is 1.61. The number of hydrogen-bond donors (Lipinski definition) is 2. The SMILES string of the molecule is CCNCc1ccc(OC(C)C(=O)NCC)c([N+](=O)[O-])c1. The maximum absolute atomic E-state index is 11.6. The number of nitro benzene ring substituents is 1. The second-order valence-corrected chi connectivity index (χ2v) is 4.49. The molecule has 1 rings (SSSR count). The summed E-state index contributed by atoms with van der Waals surface area (Å²) in [6, 6.07) is 4.73. The van der Waals surface area contributed by atoms with Crippen molar-refractivity contribution in [2.45, 2.75) is 33.4 Å². The van der Waals surface area contributed by atoms with E-state index in [0.717, 1.165) is 12.1 Å². The van der Waals surface area contributed by atoms with Gasteiger partial charge in [-0.2, -0.15) is 0 Å². The smallest absolute Gasteiger partial charge is 0.311 e. The Morgan fingerprint density at radius 2 is 2.10 bits per heavy atom.